The molecule has 1 aromatic rings. The summed E-state index contributed by atoms with van der Waals surface area (Å²) in [5, 5.41) is 9.28. The van der Waals surface area contributed by atoms with E-state index >= 15 is 0 Å². The number of nitriles is 1. The Bertz CT molecular complexity index is 394. The first kappa shape index (κ1) is 12.3. The van der Waals surface area contributed by atoms with Crippen LogP contribution >= 0.6 is 0 Å². The molecule has 0 saturated carbocycles. The van der Waals surface area contributed by atoms with Crippen molar-refractivity contribution in [2.24, 2.45) is 0 Å². The number of benzene rings is 1. The third-order valence-corrected chi connectivity index (χ3v) is 2.61. The van der Waals surface area contributed by atoms with Gasteiger partial charge in [-0.2, -0.15) is 5.26 Å². The SMILES string of the molecule is CCOC(=O)C(C#N)(CC)c1ccccc1. The van der Waals surface area contributed by atoms with Gasteiger partial charge in [0.25, 0.3) is 0 Å². The Kier molecular flexibility index (Phi) is 4.07. The van der Waals surface area contributed by atoms with Crippen LogP contribution in [0.5, 0.6) is 0 Å². The van der Waals surface area contributed by atoms with Gasteiger partial charge in [0, 0.05) is 0 Å². The second kappa shape index (κ2) is 5.32. The lowest BCUT2D eigenvalue weighted by Crippen LogP contribution is -2.35. The maximum absolute atomic E-state index is 11.9. The van der Waals surface area contributed by atoms with Crippen molar-refractivity contribution in [1.82, 2.24) is 0 Å². The summed E-state index contributed by atoms with van der Waals surface area (Å²) in [6, 6.07) is 11.1. The Labute approximate surface area is 95.7 Å². The van der Waals surface area contributed by atoms with Crippen LogP contribution in [-0.4, -0.2) is 12.6 Å². The van der Waals surface area contributed by atoms with E-state index in [1.807, 2.05) is 25.1 Å². The molecule has 1 unspecified atom stereocenters. The lowest BCUT2D eigenvalue weighted by molar-refractivity contribution is -0.148. The van der Waals surface area contributed by atoms with Crippen molar-refractivity contribution in [3.05, 3.63) is 35.9 Å². The minimum Gasteiger partial charge on any atom is -0.465 e. The molecule has 1 aromatic carbocycles. The van der Waals surface area contributed by atoms with E-state index in [4.69, 9.17) is 4.74 Å². The zero-order valence-corrected chi connectivity index (χ0v) is 9.56. The van der Waals surface area contributed by atoms with E-state index in [0.717, 1.165) is 0 Å². The normalized spacial score (nSPS) is 13.6. The van der Waals surface area contributed by atoms with E-state index in [1.54, 1.807) is 19.1 Å². The standard InChI is InChI=1S/C13H15NO2/c1-3-13(10-14,12(15)16-4-2)11-8-6-5-7-9-11/h5-9H,3-4H2,1-2H3. The van der Waals surface area contributed by atoms with Crippen LogP contribution in [0.4, 0.5) is 0 Å². The van der Waals surface area contributed by atoms with Crippen molar-refractivity contribution < 1.29 is 9.53 Å². The molecule has 1 rings (SSSR count). The molecule has 16 heavy (non-hydrogen) atoms. The fraction of sp³-hybridized carbons (Fsp3) is 0.385. The molecule has 0 aliphatic carbocycles. The average Bonchev–Trinajstić information content (AvgIpc) is 2.33. The third-order valence-electron chi connectivity index (χ3n) is 2.61. The predicted octanol–water partition coefficient (Wildman–Crippen LogP) is 2.42. The summed E-state index contributed by atoms with van der Waals surface area (Å²) >= 11 is 0. The summed E-state index contributed by atoms with van der Waals surface area (Å²) < 4.78 is 4.98. The number of hydrogen-bond donors (Lipinski definition) is 0. The first-order valence-corrected chi connectivity index (χ1v) is 5.35. The first-order valence-electron chi connectivity index (χ1n) is 5.35. The Morgan fingerprint density at radius 1 is 1.38 bits per heavy atom. The van der Waals surface area contributed by atoms with Crippen molar-refractivity contribution >= 4 is 5.97 Å². The third kappa shape index (κ3) is 2.06. The van der Waals surface area contributed by atoms with Gasteiger partial charge in [0.2, 0.25) is 0 Å². The number of ether oxygens (including phenoxy) is 1. The minimum absolute atomic E-state index is 0.287. The topological polar surface area (TPSA) is 50.1 Å². The molecule has 0 aliphatic rings. The van der Waals surface area contributed by atoms with Gasteiger partial charge in [-0.25, -0.2) is 4.79 Å². The molecule has 0 heterocycles. The number of carbonyl (C=O) groups is 1. The van der Waals surface area contributed by atoms with E-state index in [9.17, 15) is 10.1 Å². The smallest absolute Gasteiger partial charge is 0.331 e. The Morgan fingerprint density at radius 3 is 2.44 bits per heavy atom. The van der Waals surface area contributed by atoms with Crippen LogP contribution < -0.4 is 0 Å². The van der Waals surface area contributed by atoms with Crippen LogP contribution in [0, 0.1) is 11.3 Å². The summed E-state index contributed by atoms with van der Waals surface area (Å²) in [7, 11) is 0. The molecule has 0 aromatic heterocycles. The number of hydrogen-bond acceptors (Lipinski definition) is 3. The summed E-state index contributed by atoms with van der Waals surface area (Å²) in [5.41, 5.74) is -0.476. The fourth-order valence-corrected chi connectivity index (χ4v) is 1.63. The van der Waals surface area contributed by atoms with Crippen LogP contribution in [0.3, 0.4) is 0 Å². The maximum atomic E-state index is 11.9. The van der Waals surface area contributed by atoms with E-state index < -0.39 is 11.4 Å². The molecule has 0 bridgehead atoms. The Hall–Kier alpha value is -1.82. The molecule has 3 heteroatoms. The van der Waals surface area contributed by atoms with Gasteiger partial charge in [0.05, 0.1) is 12.7 Å². The molecule has 0 aliphatic heterocycles. The van der Waals surface area contributed by atoms with Gasteiger partial charge in [-0.1, -0.05) is 37.3 Å². The number of rotatable bonds is 4. The predicted molar refractivity (Wildman–Crippen MR) is 60.7 cm³/mol. The van der Waals surface area contributed by atoms with Gasteiger partial charge < -0.3 is 4.74 Å². The minimum atomic E-state index is -1.17. The van der Waals surface area contributed by atoms with Crippen LogP contribution in [0.2, 0.25) is 0 Å². The van der Waals surface area contributed by atoms with Crippen LogP contribution in [0.25, 0.3) is 0 Å². The second-order valence-electron chi connectivity index (χ2n) is 3.46. The molecule has 1 atom stereocenters. The highest BCUT2D eigenvalue weighted by Crippen LogP contribution is 2.28. The van der Waals surface area contributed by atoms with Crippen LogP contribution in [-0.2, 0) is 14.9 Å². The molecule has 3 nitrogen and oxygen atoms in total. The number of esters is 1. The molecule has 0 fully saturated rings. The zero-order valence-electron chi connectivity index (χ0n) is 9.56. The molecule has 0 amide bonds. The van der Waals surface area contributed by atoms with Crippen molar-refractivity contribution in [3.8, 4) is 6.07 Å². The quantitative estimate of drug-likeness (QED) is 0.728. The van der Waals surface area contributed by atoms with Gasteiger partial charge >= 0.3 is 5.97 Å². The maximum Gasteiger partial charge on any atom is 0.331 e. The van der Waals surface area contributed by atoms with Gasteiger partial charge in [-0.05, 0) is 18.9 Å². The molecule has 0 N–H and O–H groups in total. The Balaban J connectivity index is 3.17. The van der Waals surface area contributed by atoms with Crippen molar-refractivity contribution in [2.75, 3.05) is 6.61 Å². The van der Waals surface area contributed by atoms with Gasteiger partial charge in [-0.3, -0.25) is 0 Å². The zero-order chi connectivity index (χ0) is 12.0. The Morgan fingerprint density at radius 2 is 2.00 bits per heavy atom. The van der Waals surface area contributed by atoms with E-state index in [2.05, 4.69) is 6.07 Å². The van der Waals surface area contributed by atoms with Crippen molar-refractivity contribution in [1.29, 1.82) is 5.26 Å². The molecular weight excluding hydrogens is 202 g/mol. The lowest BCUT2D eigenvalue weighted by Gasteiger charge is -2.22. The van der Waals surface area contributed by atoms with Crippen LogP contribution in [0.1, 0.15) is 25.8 Å². The summed E-state index contributed by atoms with van der Waals surface area (Å²) in [6.45, 7) is 3.84. The fourth-order valence-electron chi connectivity index (χ4n) is 1.63. The highest BCUT2D eigenvalue weighted by atomic mass is 16.5. The molecular formula is C13H15NO2. The highest BCUT2D eigenvalue weighted by molar-refractivity contribution is 5.86. The average molecular weight is 217 g/mol. The van der Waals surface area contributed by atoms with E-state index in [1.165, 1.54) is 0 Å². The van der Waals surface area contributed by atoms with Crippen LogP contribution in [0.15, 0.2) is 30.3 Å². The molecule has 0 radical (unpaired) electrons. The second-order valence-corrected chi connectivity index (χ2v) is 3.46. The molecule has 0 spiro atoms. The summed E-state index contributed by atoms with van der Waals surface area (Å²) in [6.07, 6.45) is 0.409. The summed E-state index contributed by atoms with van der Waals surface area (Å²) in [4.78, 5) is 11.9. The molecule has 84 valence electrons. The van der Waals surface area contributed by atoms with Gasteiger partial charge in [0.15, 0.2) is 5.41 Å². The lowest BCUT2D eigenvalue weighted by atomic mass is 9.79. The summed E-state index contributed by atoms with van der Waals surface area (Å²) in [5.74, 6) is -0.466. The molecule has 0 saturated heterocycles. The van der Waals surface area contributed by atoms with Gasteiger partial charge in [-0.15, -0.1) is 0 Å². The van der Waals surface area contributed by atoms with Crippen molar-refractivity contribution in [3.63, 3.8) is 0 Å². The number of nitrogens with zero attached hydrogens (tertiary/aromatic N) is 1. The monoisotopic (exact) mass is 217 g/mol. The van der Waals surface area contributed by atoms with E-state index in [0.29, 0.717) is 12.0 Å². The van der Waals surface area contributed by atoms with Crippen molar-refractivity contribution in [2.45, 2.75) is 25.7 Å². The highest BCUT2D eigenvalue weighted by Gasteiger charge is 2.40. The largest absolute Gasteiger partial charge is 0.465 e. The first-order chi connectivity index (χ1) is 7.71. The number of carbonyl (C=O) groups excluding carboxylic acids is 1. The van der Waals surface area contributed by atoms with E-state index in [-0.39, 0.29) is 6.61 Å². The van der Waals surface area contributed by atoms with Gasteiger partial charge in [0.1, 0.15) is 0 Å².